The van der Waals surface area contributed by atoms with Crippen molar-refractivity contribution < 1.29 is 0 Å². The van der Waals surface area contributed by atoms with Crippen LogP contribution in [0.3, 0.4) is 0 Å². The first-order chi connectivity index (χ1) is 11.1. The molecule has 0 radical (unpaired) electrons. The van der Waals surface area contributed by atoms with Crippen LogP contribution in [0.25, 0.3) is 0 Å². The summed E-state index contributed by atoms with van der Waals surface area (Å²) in [5, 5.41) is 8.78. The van der Waals surface area contributed by atoms with Crippen LogP contribution in [-0.2, 0) is 6.42 Å². The molecule has 0 saturated heterocycles. The van der Waals surface area contributed by atoms with E-state index < -0.39 is 0 Å². The molecule has 134 valence electrons. The number of hydrogen-bond donors (Lipinski definition) is 2. The summed E-state index contributed by atoms with van der Waals surface area (Å²) >= 11 is 6.35. The number of aromatic nitrogens is 2. The quantitative estimate of drug-likeness (QED) is 0.458. The van der Waals surface area contributed by atoms with E-state index in [2.05, 4.69) is 20.2 Å². The van der Waals surface area contributed by atoms with Crippen LogP contribution < -0.4 is 11.5 Å². The molecule has 1 aromatic carbocycles. The number of benzene rings is 1. The van der Waals surface area contributed by atoms with Crippen LogP contribution in [0.4, 0.5) is 0 Å². The van der Waals surface area contributed by atoms with Crippen LogP contribution in [0.5, 0.6) is 0 Å². The summed E-state index contributed by atoms with van der Waals surface area (Å²) in [6.07, 6.45) is 3.03. The standard InChI is InChI=1S/C16H17ClN6.2ClH/c1-9-15-13(21-8-20-9)6-10(7-14(15)22-23-16(18)19)11-4-2-3-5-12(11)17;;/h2-5,8,10H,6-7H2,1H3,(H4,18,19,23);2*1H/b22-14+;;. The maximum absolute atomic E-state index is 6.35. The van der Waals surface area contributed by atoms with Gasteiger partial charge < -0.3 is 11.5 Å². The van der Waals surface area contributed by atoms with Gasteiger partial charge in [0.05, 0.1) is 17.1 Å². The average molecular weight is 402 g/mol. The number of halogens is 3. The average Bonchev–Trinajstić information content (AvgIpc) is 2.53. The summed E-state index contributed by atoms with van der Waals surface area (Å²) < 4.78 is 0. The SMILES string of the molecule is Cc1ncnc2c1/C(=N/N=C(N)N)CC(c1ccccc1Cl)C2.Cl.Cl. The first-order valence-electron chi connectivity index (χ1n) is 7.27. The van der Waals surface area contributed by atoms with E-state index in [9.17, 15) is 0 Å². The van der Waals surface area contributed by atoms with Crippen molar-refractivity contribution >= 4 is 48.1 Å². The summed E-state index contributed by atoms with van der Waals surface area (Å²) in [6.45, 7) is 1.93. The van der Waals surface area contributed by atoms with Gasteiger partial charge in [0.15, 0.2) is 0 Å². The molecule has 4 N–H and O–H groups in total. The Balaban J connectivity index is 0.00000156. The minimum absolute atomic E-state index is 0. The molecule has 0 amide bonds. The third-order valence-corrected chi connectivity index (χ3v) is 4.26. The predicted molar refractivity (Wildman–Crippen MR) is 106 cm³/mol. The molecule has 1 aliphatic carbocycles. The van der Waals surface area contributed by atoms with E-state index in [0.29, 0.717) is 6.42 Å². The molecule has 0 saturated carbocycles. The molecule has 1 aliphatic rings. The van der Waals surface area contributed by atoms with Crippen molar-refractivity contribution in [3.63, 3.8) is 0 Å². The van der Waals surface area contributed by atoms with Crippen molar-refractivity contribution in [2.45, 2.75) is 25.7 Å². The highest BCUT2D eigenvalue weighted by molar-refractivity contribution is 6.31. The summed E-state index contributed by atoms with van der Waals surface area (Å²) in [5.74, 6) is 0.104. The van der Waals surface area contributed by atoms with E-state index in [1.54, 1.807) is 6.33 Å². The van der Waals surface area contributed by atoms with Crippen LogP contribution in [-0.4, -0.2) is 21.6 Å². The lowest BCUT2D eigenvalue weighted by Gasteiger charge is -2.26. The Labute approximate surface area is 163 Å². The van der Waals surface area contributed by atoms with Gasteiger partial charge in [-0.15, -0.1) is 29.9 Å². The number of aryl methyl sites for hydroxylation is 1. The molecule has 1 heterocycles. The lowest BCUT2D eigenvalue weighted by molar-refractivity contribution is 0.673. The van der Waals surface area contributed by atoms with Crippen molar-refractivity contribution in [3.05, 3.63) is 58.1 Å². The van der Waals surface area contributed by atoms with E-state index in [1.807, 2.05) is 31.2 Å². The maximum atomic E-state index is 6.35. The second-order valence-corrected chi connectivity index (χ2v) is 5.89. The molecule has 1 aromatic heterocycles. The zero-order chi connectivity index (χ0) is 16.4. The largest absolute Gasteiger partial charge is 0.369 e. The molecular weight excluding hydrogens is 383 g/mol. The summed E-state index contributed by atoms with van der Waals surface area (Å²) in [7, 11) is 0. The van der Waals surface area contributed by atoms with Gasteiger partial charge in [-0.2, -0.15) is 5.10 Å². The highest BCUT2D eigenvalue weighted by Crippen LogP contribution is 2.36. The summed E-state index contributed by atoms with van der Waals surface area (Å²) in [5.41, 5.74) is 15.4. The first kappa shape index (κ1) is 21.2. The third kappa shape index (κ3) is 4.60. The van der Waals surface area contributed by atoms with Gasteiger partial charge in [-0.25, -0.2) is 9.97 Å². The lowest BCUT2D eigenvalue weighted by Crippen LogP contribution is -2.24. The number of rotatable bonds is 2. The van der Waals surface area contributed by atoms with Crippen LogP contribution >= 0.6 is 36.4 Å². The molecule has 25 heavy (non-hydrogen) atoms. The summed E-state index contributed by atoms with van der Waals surface area (Å²) in [4.78, 5) is 8.67. The minimum Gasteiger partial charge on any atom is -0.369 e. The zero-order valence-corrected chi connectivity index (χ0v) is 15.9. The van der Waals surface area contributed by atoms with Gasteiger partial charge in [-0.1, -0.05) is 29.8 Å². The topological polar surface area (TPSA) is 103 Å². The van der Waals surface area contributed by atoms with Crippen molar-refractivity contribution in [1.82, 2.24) is 9.97 Å². The number of hydrogen-bond acceptors (Lipinski definition) is 4. The molecule has 0 spiro atoms. The molecule has 3 rings (SSSR count). The maximum Gasteiger partial charge on any atom is 0.211 e. The second-order valence-electron chi connectivity index (χ2n) is 5.48. The highest BCUT2D eigenvalue weighted by Gasteiger charge is 2.28. The Morgan fingerprint density at radius 3 is 2.56 bits per heavy atom. The fraction of sp³-hybridized carbons (Fsp3) is 0.250. The van der Waals surface area contributed by atoms with Gasteiger partial charge in [0.1, 0.15) is 6.33 Å². The van der Waals surface area contributed by atoms with Crippen LogP contribution in [0.15, 0.2) is 40.8 Å². The number of nitrogens with two attached hydrogens (primary N) is 2. The monoisotopic (exact) mass is 400 g/mol. The molecule has 2 aromatic rings. The van der Waals surface area contributed by atoms with E-state index in [1.165, 1.54) is 0 Å². The van der Waals surface area contributed by atoms with Gasteiger partial charge in [-0.05, 0) is 37.3 Å². The molecule has 1 atom stereocenters. The van der Waals surface area contributed by atoms with Crippen LogP contribution in [0.1, 0.15) is 34.9 Å². The Hall–Kier alpha value is -1.89. The molecule has 1 unspecified atom stereocenters. The molecule has 0 fully saturated rings. The van der Waals surface area contributed by atoms with Gasteiger partial charge >= 0.3 is 0 Å². The molecule has 0 aliphatic heterocycles. The summed E-state index contributed by atoms with van der Waals surface area (Å²) in [6, 6.07) is 7.83. The molecule has 0 bridgehead atoms. The van der Waals surface area contributed by atoms with Crippen molar-refractivity contribution in [3.8, 4) is 0 Å². The van der Waals surface area contributed by atoms with Gasteiger partial charge in [0.2, 0.25) is 5.96 Å². The Kier molecular flexibility index (Phi) is 7.60. The van der Waals surface area contributed by atoms with Gasteiger partial charge in [0.25, 0.3) is 0 Å². The van der Waals surface area contributed by atoms with E-state index in [0.717, 1.165) is 39.7 Å². The number of fused-ring (bicyclic) bond motifs is 1. The van der Waals surface area contributed by atoms with Gasteiger partial charge in [-0.3, -0.25) is 0 Å². The molecule has 9 heteroatoms. The predicted octanol–water partition coefficient (Wildman–Crippen LogP) is 2.99. The Morgan fingerprint density at radius 2 is 1.88 bits per heavy atom. The number of nitrogens with zero attached hydrogens (tertiary/aromatic N) is 4. The fourth-order valence-electron chi connectivity index (χ4n) is 2.93. The Bertz CT molecular complexity index is 802. The van der Waals surface area contributed by atoms with Crippen molar-refractivity contribution in [1.29, 1.82) is 0 Å². The molecule has 6 nitrogen and oxygen atoms in total. The third-order valence-electron chi connectivity index (χ3n) is 3.91. The number of guanidine groups is 1. The normalized spacial score (nSPS) is 17.0. The second kappa shape index (κ2) is 8.99. The van der Waals surface area contributed by atoms with Crippen LogP contribution in [0.2, 0.25) is 5.02 Å². The molecular formula is C16H19Cl3N6. The van der Waals surface area contributed by atoms with Gasteiger partial charge in [0, 0.05) is 10.6 Å². The first-order valence-corrected chi connectivity index (χ1v) is 7.64. The Morgan fingerprint density at radius 1 is 1.16 bits per heavy atom. The fourth-order valence-corrected chi connectivity index (χ4v) is 3.22. The van der Waals surface area contributed by atoms with Crippen molar-refractivity contribution in [2.75, 3.05) is 0 Å². The highest BCUT2D eigenvalue weighted by atomic mass is 35.5. The minimum atomic E-state index is -0.0755. The smallest absolute Gasteiger partial charge is 0.211 e. The zero-order valence-electron chi connectivity index (χ0n) is 13.5. The van der Waals surface area contributed by atoms with E-state index >= 15 is 0 Å². The van der Waals surface area contributed by atoms with Crippen molar-refractivity contribution in [2.24, 2.45) is 21.7 Å². The lowest BCUT2D eigenvalue weighted by atomic mass is 9.81. The van der Waals surface area contributed by atoms with E-state index in [-0.39, 0.29) is 36.7 Å². The van der Waals surface area contributed by atoms with Crippen LogP contribution in [0, 0.1) is 6.92 Å². The van der Waals surface area contributed by atoms with E-state index in [4.69, 9.17) is 23.1 Å².